The van der Waals surface area contributed by atoms with Crippen molar-refractivity contribution >= 4 is 23.1 Å². The van der Waals surface area contributed by atoms with Gasteiger partial charge in [-0.3, -0.25) is 4.90 Å². The van der Waals surface area contributed by atoms with Gasteiger partial charge in [0.1, 0.15) is 5.82 Å². The Morgan fingerprint density at radius 2 is 1.96 bits per heavy atom. The Hall–Kier alpha value is -1.92. The Labute approximate surface area is 139 Å². The van der Waals surface area contributed by atoms with Crippen LogP contribution in [0.15, 0.2) is 41.1 Å². The molecule has 3 rings (SSSR count). The zero-order chi connectivity index (χ0) is 16.1. The maximum atomic E-state index is 12.9. The van der Waals surface area contributed by atoms with Gasteiger partial charge in [0, 0.05) is 12.2 Å². The van der Waals surface area contributed by atoms with Gasteiger partial charge < -0.3 is 10.6 Å². The van der Waals surface area contributed by atoms with Crippen LogP contribution >= 0.6 is 11.3 Å². The van der Waals surface area contributed by atoms with E-state index < -0.39 is 0 Å². The summed E-state index contributed by atoms with van der Waals surface area (Å²) in [4.78, 5) is 14.5. The van der Waals surface area contributed by atoms with Gasteiger partial charge in [-0.15, -0.1) is 0 Å². The lowest BCUT2D eigenvalue weighted by molar-refractivity contribution is 0.228. The number of urea groups is 1. The lowest BCUT2D eigenvalue weighted by Crippen LogP contribution is -2.38. The minimum absolute atomic E-state index is 0.211. The van der Waals surface area contributed by atoms with Gasteiger partial charge in [-0.05, 0) is 72.6 Å². The molecule has 0 spiro atoms. The minimum atomic E-state index is -0.317. The fraction of sp³-hybridized carbons (Fsp3) is 0.353. The summed E-state index contributed by atoms with van der Waals surface area (Å²) in [6, 6.07) is 7.81. The number of anilines is 1. The molecule has 1 aliphatic heterocycles. The van der Waals surface area contributed by atoms with E-state index in [1.165, 1.54) is 30.5 Å². The smallest absolute Gasteiger partial charge is 0.319 e. The molecule has 0 aliphatic carbocycles. The number of nitrogens with zero attached hydrogens (tertiary/aromatic N) is 1. The molecule has 1 aromatic heterocycles. The summed E-state index contributed by atoms with van der Waals surface area (Å²) in [5.41, 5.74) is 1.83. The van der Waals surface area contributed by atoms with E-state index in [9.17, 15) is 9.18 Å². The SMILES string of the molecule is O=C(NC[C@H](c1ccsc1)N1CCCC1)Nc1ccc(F)cc1. The summed E-state index contributed by atoms with van der Waals surface area (Å²) in [6.45, 7) is 2.70. The predicted octanol–water partition coefficient (Wildman–Crippen LogP) is 3.85. The molecule has 4 nitrogen and oxygen atoms in total. The lowest BCUT2D eigenvalue weighted by atomic mass is 10.1. The molecule has 2 N–H and O–H groups in total. The first kappa shape index (κ1) is 16.0. The van der Waals surface area contributed by atoms with Crippen LogP contribution in [-0.4, -0.2) is 30.6 Å². The quantitative estimate of drug-likeness (QED) is 0.873. The molecular formula is C17H20FN3OS. The van der Waals surface area contributed by atoms with Gasteiger partial charge in [0.2, 0.25) is 0 Å². The molecule has 1 fully saturated rings. The van der Waals surface area contributed by atoms with Crippen LogP contribution < -0.4 is 10.6 Å². The molecule has 1 saturated heterocycles. The van der Waals surface area contributed by atoms with Crippen LogP contribution in [-0.2, 0) is 0 Å². The molecule has 1 aromatic carbocycles. The topological polar surface area (TPSA) is 44.4 Å². The van der Waals surface area contributed by atoms with Crippen LogP contribution in [0.5, 0.6) is 0 Å². The van der Waals surface area contributed by atoms with E-state index in [0.717, 1.165) is 13.1 Å². The standard InChI is InChI=1S/C17H20FN3OS/c18-14-3-5-15(6-4-14)20-17(22)19-11-16(13-7-10-23-12-13)21-8-1-2-9-21/h3-7,10,12,16H,1-2,8-9,11H2,(H2,19,20,22)/t16-/m1/s1. The number of hydrogen-bond donors (Lipinski definition) is 2. The third-order valence-corrected chi connectivity index (χ3v) is 4.77. The average Bonchev–Trinajstić information content (AvgIpc) is 3.24. The second kappa shape index (κ2) is 7.57. The van der Waals surface area contributed by atoms with E-state index >= 15 is 0 Å². The summed E-state index contributed by atoms with van der Waals surface area (Å²) < 4.78 is 12.9. The highest BCUT2D eigenvalue weighted by Gasteiger charge is 2.24. The first-order valence-corrected chi connectivity index (χ1v) is 8.73. The zero-order valence-corrected chi connectivity index (χ0v) is 13.6. The number of rotatable bonds is 5. The summed E-state index contributed by atoms with van der Waals surface area (Å²) >= 11 is 1.67. The Morgan fingerprint density at radius 3 is 2.61 bits per heavy atom. The summed E-state index contributed by atoms with van der Waals surface area (Å²) in [7, 11) is 0. The number of hydrogen-bond acceptors (Lipinski definition) is 3. The first-order chi connectivity index (χ1) is 11.2. The van der Waals surface area contributed by atoms with Crippen molar-refractivity contribution in [1.29, 1.82) is 0 Å². The van der Waals surface area contributed by atoms with Crippen molar-refractivity contribution in [3.8, 4) is 0 Å². The monoisotopic (exact) mass is 333 g/mol. The first-order valence-electron chi connectivity index (χ1n) is 7.79. The molecule has 2 aromatic rings. The Bertz CT molecular complexity index is 624. The maximum Gasteiger partial charge on any atom is 0.319 e. The molecule has 0 saturated carbocycles. The van der Waals surface area contributed by atoms with E-state index in [4.69, 9.17) is 0 Å². The molecule has 23 heavy (non-hydrogen) atoms. The molecule has 122 valence electrons. The van der Waals surface area contributed by atoms with Crippen molar-refractivity contribution in [2.24, 2.45) is 0 Å². The Balaban J connectivity index is 1.57. The normalized spacial score (nSPS) is 16.2. The highest BCUT2D eigenvalue weighted by atomic mass is 32.1. The van der Waals surface area contributed by atoms with Crippen molar-refractivity contribution < 1.29 is 9.18 Å². The van der Waals surface area contributed by atoms with Crippen molar-refractivity contribution in [3.63, 3.8) is 0 Å². The predicted molar refractivity (Wildman–Crippen MR) is 91.3 cm³/mol. The number of halogens is 1. The Morgan fingerprint density at radius 1 is 1.22 bits per heavy atom. The number of carbonyl (C=O) groups excluding carboxylic acids is 1. The van der Waals surface area contributed by atoms with Crippen molar-refractivity contribution in [1.82, 2.24) is 10.2 Å². The second-order valence-electron chi connectivity index (χ2n) is 5.66. The summed E-state index contributed by atoms with van der Waals surface area (Å²) in [5.74, 6) is -0.317. The fourth-order valence-electron chi connectivity index (χ4n) is 2.87. The molecule has 0 radical (unpaired) electrons. The maximum absolute atomic E-state index is 12.9. The van der Waals surface area contributed by atoms with Gasteiger partial charge in [0.15, 0.2) is 0 Å². The third-order valence-electron chi connectivity index (χ3n) is 4.07. The van der Waals surface area contributed by atoms with E-state index in [2.05, 4.69) is 32.4 Å². The van der Waals surface area contributed by atoms with Gasteiger partial charge in [-0.2, -0.15) is 11.3 Å². The minimum Gasteiger partial charge on any atom is -0.336 e. The number of carbonyl (C=O) groups is 1. The number of amides is 2. The molecule has 0 bridgehead atoms. The fourth-order valence-corrected chi connectivity index (χ4v) is 3.58. The lowest BCUT2D eigenvalue weighted by Gasteiger charge is -2.27. The molecule has 2 heterocycles. The van der Waals surface area contributed by atoms with Crippen molar-refractivity contribution in [2.75, 3.05) is 25.0 Å². The van der Waals surface area contributed by atoms with Crippen LogP contribution in [0.1, 0.15) is 24.4 Å². The average molecular weight is 333 g/mol. The van der Waals surface area contributed by atoms with Crippen molar-refractivity contribution in [3.05, 3.63) is 52.5 Å². The van der Waals surface area contributed by atoms with Gasteiger partial charge in [0.25, 0.3) is 0 Å². The van der Waals surface area contributed by atoms with E-state index in [1.807, 2.05) is 0 Å². The summed E-state index contributed by atoms with van der Waals surface area (Å²) in [5, 5.41) is 9.87. The van der Waals surface area contributed by atoms with Crippen LogP contribution in [0.25, 0.3) is 0 Å². The van der Waals surface area contributed by atoms with Crippen molar-refractivity contribution in [2.45, 2.75) is 18.9 Å². The van der Waals surface area contributed by atoms with Gasteiger partial charge in [-0.1, -0.05) is 0 Å². The second-order valence-corrected chi connectivity index (χ2v) is 6.44. The number of thiophene rings is 1. The number of likely N-dealkylation sites (tertiary alicyclic amines) is 1. The molecule has 0 unspecified atom stereocenters. The van der Waals surface area contributed by atoms with E-state index in [1.54, 1.807) is 23.5 Å². The van der Waals surface area contributed by atoms with Gasteiger partial charge in [0.05, 0.1) is 6.04 Å². The summed E-state index contributed by atoms with van der Waals surface area (Å²) in [6.07, 6.45) is 2.42. The molecule has 1 aliphatic rings. The Kier molecular flexibility index (Phi) is 5.25. The van der Waals surface area contributed by atoms with Crippen LogP contribution in [0.2, 0.25) is 0 Å². The van der Waals surface area contributed by atoms with Crippen LogP contribution in [0.4, 0.5) is 14.9 Å². The molecule has 2 amide bonds. The highest BCUT2D eigenvalue weighted by molar-refractivity contribution is 7.07. The third kappa shape index (κ3) is 4.30. The molecular weight excluding hydrogens is 313 g/mol. The van der Waals surface area contributed by atoms with Gasteiger partial charge >= 0.3 is 6.03 Å². The van der Waals surface area contributed by atoms with Gasteiger partial charge in [-0.25, -0.2) is 9.18 Å². The van der Waals surface area contributed by atoms with Crippen LogP contribution in [0, 0.1) is 5.82 Å². The number of benzene rings is 1. The zero-order valence-electron chi connectivity index (χ0n) is 12.8. The largest absolute Gasteiger partial charge is 0.336 e. The van der Waals surface area contributed by atoms with E-state index in [0.29, 0.717) is 12.2 Å². The molecule has 6 heteroatoms. The van der Waals surface area contributed by atoms with Crippen LogP contribution in [0.3, 0.4) is 0 Å². The van der Waals surface area contributed by atoms with E-state index in [-0.39, 0.29) is 17.9 Å². The molecule has 1 atom stereocenters. The number of nitrogens with one attached hydrogen (secondary N) is 2. The highest BCUT2D eigenvalue weighted by Crippen LogP contribution is 2.26.